The third-order valence-corrected chi connectivity index (χ3v) is 5.73. The molecule has 0 aliphatic heterocycles. The lowest BCUT2D eigenvalue weighted by Gasteiger charge is -2.25. The maximum Gasteiger partial charge on any atom is 0.317 e. The van der Waals surface area contributed by atoms with Crippen LogP contribution in [0.1, 0.15) is 23.5 Å². The lowest BCUT2D eigenvalue weighted by Crippen LogP contribution is -2.38. The average molecular weight is 392 g/mol. The van der Waals surface area contributed by atoms with Crippen LogP contribution in [0.5, 0.6) is 0 Å². The van der Waals surface area contributed by atoms with Gasteiger partial charge in [-0.25, -0.2) is 19.4 Å². The molecule has 2 amide bonds. The second kappa shape index (κ2) is 7.77. The Morgan fingerprint density at radius 1 is 1.21 bits per heavy atom. The largest absolute Gasteiger partial charge is 0.331 e. The minimum atomic E-state index is -0.132. The second-order valence-electron chi connectivity index (χ2n) is 6.45. The Kier molecular flexibility index (Phi) is 5.03. The Morgan fingerprint density at radius 3 is 2.71 bits per heavy atom. The summed E-state index contributed by atoms with van der Waals surface area (Å²) in [5.74, 6) is 0. The highest BCUT2D eigenvalue weighted by atomic mass is 32.1. The molecule has 0 fully saturated rings. The number of carbonyl (C=O) groups is 1. The first-order valence-corrected chi connectivity index (χ1v) is 9.73. The van der Waals surface area contributed by atoms with Gasteiger partial charge in [-0.3, -0.25) is 0 Å². The number of fused-ring (bicyclic) bond motifs is 1. The molecule has 4 aromatic rings. The second-order valence-corrected chi connectivity index (χ2v) is 7.57. The maximum atomic E-state index is 12.6. The van der Waals surface area contributed by atoms with Gasteiger partial charge in [0.1, 0.15) is 17.7 Å². The number of amides is 2. The molecule has 8 heteroatoms. The maximum absolute atomic E-state index is 12.6. The highest BCUT2D eigenvalue weighted by Crippen LogP contribution is 2.22. The van der Waals surface area contributed by atoms with Crippen LogP contribution in [0.4, 0.5) is 4.79 Å². The van der Waals surface area contributed by atoms with E-state index in [0.29, 0.717) is 6.54 Å². The zero-order valence-electron chi connectivity index (χ0n) is 15.6. The van der Waals surface area contributed by atoms with Gasteiger partial charge in [0, 0.05) is 7.05 Å². The van der Waals surface area contributed by atoms with E-state index in [1.807, 2.05) is 55.5 Å². The molecule has 1 atom stereocenters. The standard InChI is InChI=1S/C20H20N6OS/c1-14(15-7-9-16(10-8-15)26-13-21-12-23-26)25(2)20(27)22-11-19-24-17-5-3-4-6-18(17)28-19/h3-10,12-14H,11H2,1-2H3,(H,22,27). The molecule has 2 heterocycles. The van der Waals surface area contributed by atoms with Gasteiger partial charge < -0.3 is 10.2 Å². The van der Waals surface area contributed by atoms with Crippen molar-refractivity contribution in [1.29, 1.82) is 0 Å². The highest BCUT2D eigenvalue weighted by molar-refractivity contribution is 7.18. The molecular formula is C20H20N6OS. The normalized spacial score (nSPS) is 12.1. The number of rotatable bonds is 5. The molecule has 1 N–H and O–H groups in total. The van der Waals surface area contributed by atoms with E-state index < -0.39 is 0 Å². The number of nitrogens with one attached hydrogen (secondary N) is 1. The van der Waals surface area contributed by atoms with E-state index in [1.165, 1.54) is 6.33 Å². The summed E-state index contributed by atoms with van der Waals surface area (Å²) in [6, 6.07) is 15.7. The number of nitrogens with zero attached hydrogens (tertiary/aromatic N) is 5. The van der Waals surface area contributed by atoms with Crippen molar-refractivity contribution in [2.24, 2.45) is 0 Å². The Labute approximate surface area is 166 Å². The van der Waals surface area contributed by atoms with Gasteiger partial charge in [0.15, 0.2) is 0 Å². The van der Waals surface area contributed by atoms with Crippen LogP contribution in [0.15, 0.2) is 61.2 Å². The van der Waals surface area contributed by atoms with E-state index >= 15 is 0 Å². The van der Waals surface area contributed by atoms with Gasteiger partial charge in [-0.15, -0.1) is 11.3 Å². The molecule has 0 bridgehead atoms. The fraction of sp³-hybridized carbons (Fsp3) is 0.200. The van der Waals surface area contributed by atoms with Gasteiger partial charge in [0.25, 0.3) is 0 Å². The van der Waals surface area contributed by atoms with Gasteiger partial charge in [-0.05, 0) is 36.8 Å². The van der Waals surface area contributed by atoms with Gasteiger partial charge in [-0.1, -0.05) is 24.3 Å². The zero-order valence-corrected chi connectivity index (χ0v) is 16.4. The van der Waals surface area contributed by atoms with Crippen molar-refractivity contribution in [3.8, 4) is 5.69 Å². The fourth-order valence-electron chi connectivity index (χ4n) is 2.92. The van der Waals surface area contributed by atoms with Crippen molar-refractivity contribution in [3.05, 3.63) is 71.8 Å². The van der Waals surface area contributed by atoms with E-state index in [-0.39, 0.29) is 12.1 Å². The number of carbonyl (C=O) groups excluding carboxylic acids is 1. The van der Waals surface area contributed by atoms with E-state index in [4.69, 9.17) is 0 Å². The first-order chi connectivity index (χ1) is 13.6. The fourth-order valence-corrected chi connectivity index (χ4v) is 3.83. The van der Waals surface area contributed by atoms with E-state index in [9.17, 15) is 4.79 Å². The van der Waals surface area contributed by atoms with Crippen LogP contribution in [0, 0.1) is 0 Å². The molecule has 2 aromatic carbocycles. The SMILES string of the molecule is CC(c1ccc(-n2cncn2)cc1)N(C)C(=O)NCc1nc2ccccc2s1. The van der Waals surface area contributed by atoms with E-state index in [2.05, 4.69) is 20.4 Å². The summed E-state index contributed by atoms with van der Waals surface area (Å²) in [4.78, 5) is 22.8. The summed E-state index contributed by atoms with van der Waals surface area (Å²) in [6.07, 6.45) is 3.15. The molecular weight excluding hydrogens is 372 g/mol. The molecule has 142 valence electrons. The van der Waals surface area contributed by atoms with Crippen molar-refractivity contribution in [1.82, 2.24) is 30.0 Å². The highest BCUT2D eigenvalue weighted by Gasteiger charge is 2.17. The molecule has 28 heavy (non-hydrogen) atoms. The zero-order chi connectivity index (χ0) is 19.5. The predicted octanol–water partition coefficient (Wildman–Crippen LogP) is 3.78. The number of urea groups is 1. The summed E-state index contributed by atoms with van der Waals surface area (Å²) in [5, 5.41) is 7.97. The van der Waals surface area contributed by atoms with Gasteiger partial charge in [0.2, 0.25) is 0 Å². The van der Waals surface area contributed by atoms with Gasteiger partial charge >= 0.3 is 6.03 Å². The lowest BCUT2D eigenvalue weighted by atomic mass is 10.1. The molecule has 4 rings (SSSR count). The van der Waals surface area contributed by atoms with Crippen LogP contribution < -0.4 is 5.32 Å². The van der Waals surface area contributed by atoms with E-state index in [1.54, 1.807) is 34.3 Å². The number of hydrogen-bond acceptors (Lipinski definition) is 5. The lowest BCUT2D eigenvalue weighted by molar-refractivity contribution is 0.194. The third kappa shape index (κ3) is 3.72. The van der Waals surface area contributed by atoms with Crippen molar-refractivity contribution < 1.29 is 4.79 Å². The Balaban J connectivity index is 1.38. The van der Waals surface area contributed by atoms with Gasteiger partial charge in [0.05, 0.1) is 28.5 Å². The van der Waals surface area contributed by atoms with Crippen LogP contribution in [0.25, 0.3) is 15.9 Å². The molecule has 0 aliphatic carbocycles. The molecule has 0 saturated heterocycles. The Hall–Kier alpha value is -3.26. The van der Waals surface area contributed by atoms with Crippen LogP contribution in [-0.4, -0.2) is 37.7 Å². The topological polar surface area (TPSA) is 75.9 Å². The Morgan fingerprint density at radius 2 is 2.00 bits per heavy atom. The number of benzene rings is 2. The molecule has 2 aromatic heterocycles. The van der Waals surface area contributed by atoms with Crippen LogP contribution in [0.3, 0.4) is 0 Å². The monoisotopic (exact) mass is 392 g/mol. The van der Waals surface area contributed by atoms with Gasteiger partial charge in [-0.2, -0.15) is 5.10 Å². The third-order valence-electron chi connectivity index (χ3n) is 4.69. The van der Waals surface area contributed by atoms with Crippen molar-refractivity contribution >= 4 is 27.6 Å². The van der Waals surface area contributed by atoms with Crippen LogP contribution in [-0.2, 0) is 6.54 Å². The molecule has 0 radical (unpaired) electrons. The summed E-state index contributed by atoms with van der Waals surface area (Å²) in [7, 11) is 1.80. The smallest absolute Gasteiger partial charge is 0.317 e. The minimum Gasteiger partial charge on any atom is -0.331 e. The first-order valence-electron chi connectivity index (χ1n) is 8.92. The summed E-state index contributed by atoms with van der Waals surface area (Å²) >= 11 is 1.60. The molecule has 0 spiro atoms. The number of hydrogen-bond donors (Lipinski definition) is 1. The molecule has 0 aliphatic rings. The molecule has 0 saturated carbocycles. The number of para-hydroxylation sites is 1. The van der Waals surface area contributed by atoms with Crippen molar-refractivity contribution in [3.63, 3.8) is 0 Å². The van der Waals surface area contributed by atoms with Crippen LogP contribution >= 0.6 is 11.3 Å². The minimum absolute atomic E-state index is 0.0693. The van der Waals surface area contributed by atoms with Crippen molar-refractivity contribution in [2.75, 3.05) is 7.05 Å². The number of aromatic nitrogens is 4. The average Bonchev–Trinajstić information content (AvgIpc) is 3.40. The Bertz CT molecular complexity index is 1040. The molecule has 1 unspecified atom stereocenters. The predicted molar refractivity (Wildman–Crippen MR) is 109 cm³/mol. The van der Waals surface area contributed by atoms with Crippen LogP contribution in [0.2, 0.25) is 0 Å². The molecule has 7 nitrogen and oxygen atoms in total. The van der Waals surface area contributed by atoms with Crippen molar-refractivity contribution in [2.45, 2.75) is 19.5 Å². The summed E-state index contributed by atoms with van der Waals surface area (Å²) < 4.78 is 2.82. The quantitative estimate of drug-likeness (QED) is 0.561. The van der Waals surface area contributed by atoms with E-state index in [0.717, 1.165) is 26.5 Å². The summed E-state index contributed by atoms with van der Waals surface area (Å²) in [6.45, 7) is 2.42. The number of thiazole rings is 1. The summed E-state index contributed by atoms with van der Waals surface area (Å²) in [5.41, 5.74) is 2.93. The first kappa shape index (κ1) is 18.1.